The summed E-state index contributed by atoms with van der Waals surface area (Å²) < 4.78 is 0. The minimum Gasteiger partial charge on any atom is -0.326 e. The summed E-state index contributed by atoms with van der Waals surface area (Å²) in [5.74, 6) is 0.0233. The second-order valence-electron chi connectivity index (χ2n) is 3.69. The first-order chi connectivity index (χ1) is 8.28. The summed E-state index contributed by atoms with van der Waals surface area (Å²) in [5, 5.41) is 7.67. The Hall–Kier alpha value is -1.13. The molecule has 1 amide bonds. The monoisotopic (exact) mass is 309 g/mol. The van der Waals surface area contributed by atoms with Crippen molar-refractivity contribution < 1.29 is 4.79 Å². The largest absolute Gasteiger partial charge is 0.326 e. The number of nitrogens with one attached hydrogen (secondary N) is 1. The second kappa shape index (κ2) is 5.98. The van der Waals surface area contributed by atoms with Crippen LogP contribution in [0.2, 0.25) is 0 Å². The molecule has 0 bridgehead atoms. The highest BCUT2D eigenvalue weighted by Gasteiger charge is 2.04. The number of amides is 1. The van der Waals surface area contributed by atoms with Crippen molar-refractivity contribution in [2.45, 2.75) is 11.8 Å². The number of halogens is 1. The van der Waals surface area contributed by atoms with E-state index in [1.165, 1.54) is 0 Å². The normalized spacial score (nSPS) is 10.2. The number of hydrogen-bond donors (Lipinski definition) is 1. The van der Waals surface area contributed by atoms with E-state index in [1.807, 2.05) is 41.1 Å². The molecular weight excluding hydrogens is 298 g/mol. The fourth-order valence-electron chi connectivity index (χ4n) is 1.52. The van der Waals surface area contributed by atoms with Crippen LogP contribution in [0.1, 0.15) is 11.1 Å². The van der Waals surface area contributed by atoms with E-state index in [2.05, 4.69) is 21.2 Å². The zero-order valence-corrected chi connectivity index (χ0v) is 11.6. The van der Waals surface area contributed by atoms with Crippen molar-refractivity contribution in [3.8, 4) is 0 Å². The zero-order valence-electron chi connectivity index (χ0n) is 9.15. The number of carbonyl (C=O) groups is 1. The van der Waals surface area contributed by atoms with Crippen LogP contribution < -0.4 is 5.32 Å². The fourth-order valence-corrected chi connectivity index (χ4v) is 2.53. The van der Waals surface area contributed by atoms with Gasteiger partial charge in [0.15, 0.2) is 0 Å². The summed E-state index contributed by atoms with van der Waals surface area (Å²) in [5.41, 5.74) is 3.06. The molecule has 2 nitrogen and oxygen atoms in total. The molecule has 0 atom stereocenters. The Balaban J connectivity index is 1.98. The van der Waals surface area contributed by atoms with Gasteiger partial charge in [-0.25, -0.2) is 0 Å². The molecule has 1 aromatic carbocycles. The Morgan fingerprint density at radius 1 is 1.29 bits per heavy atom. The Morgan fingerprint density at radius 3 is 2.88 bits per heavy atom. The fraction of sp³-hybridized carbons (Fsp3) is 0.154. The number of benzene rings is 1. The van der Waals surface area contributed by atoms with Crippen LogP contribution in [0.5, 0.6) is 0 Å². The van der Waals surface area contributed by atoms with E-state index in [0.29, 0.717) is 6.42 Å². The first kappa shape index (κ1) is 12.3. The molecule has 1 N–H and O–H groups in total. The molecule has 0 saturated heterocycles. The maximum Gasteiger partial charge on any atom is 0.228 e. The molecule has 4 heteroatoms. The minimum atomic E-state index is 0.0233. The van der Waals surface area contributed by atoms with Crippen LogP contribution in [0, 0.1) is 0 Å². The van der Waals surface area contributed by atoms with Gasteiger partial charge >= 0.3 is 0 Å². The van der Waals surface area contributed by atoms with E-state index in [9.17, 15) is 4.79 Å². The van der Waals surface area contributed by atoms with Crippen molar-refractivity contribution in [1.82, 2.24) is 0 Å². The van der Waals surface area contributed by atoms with Gasteiger partial charge in [-0.05, 0) is 40.1 Å². The van der Waals surface area contributed by atoms with Gasteiger partial charge in [-0.3, -0.25) is 4.79 Å². The van der Waals surface area contributed by atoms with Gasteiger partial charge in [0, 0.05) is 11.0 Å². The third-order valence-electron chi connectivity index (χ3n) is 2.31. The van der Waals surface area contributed by atoms with E-state index >= 15 is 0 Å². The highest BCUT2D eigenvalue weighted by molar-refractivity contribution is 9.08. The summed E-state index contributed by atoms with van der Waals surface area (Å²) in [6.07, 6.45) is 0.433. The van der Waals surface area contributed by atoms with Gasteiger partial charge in [0.1, 0.15) is 0 Å². The Kier molecular flexibility index (Phi) is 4.34. The topological polar surface area (TPSA) is 29.1 Å². The highest BCUT2D eigenvalue weighted by Crippen LogP contribution is 2.14. The van der Waals surface area contributed by atoms with Gasteiger partial charge in [0.25, 0.3) is 0 Å². The van der Waals surface area contributed by atoms with Gasteiger partial charge in [-0.1, -0.05) is 28.1 Å². The lowest BCUT2D eigenvalue weighted by Crippen LogP contribution is -2.13. The SMILES string of the molecule is O=C(Cc1ccsc1)Nc1cccc(CBr)c1. The van der Waals surface area contributed by atoms with E-state index in [1.54, 1.807) is 11.3 Å². The van der Waals surface area contributed by atoms with Crippen LogP contribution in [0.3, 0.4) is 0 Å². The molecular formula is C13H12BrNOS. The summed E-state index contributed by atoms with van der Waals surface area (Å²) in [4.78, 5) is 11.8. The molecule has 0 saturated carbocycles. The molecule has 0 unspecified atom stereocenters. The Morgan fingerprint density at radius 2 is 2.18 bits per heavy atom. The van der Waals surface area contributed by atoms with Gasteiger partial charge in [0.2, 0.25) is 5.91 Å². The first-order valence-corrected chi connectivity index (χ1v) is 7.30. The average molecular weight is 310 g/mol. The lowest BCUT2D eigenvalue weighted by molar-refractivity contribution is -0.115. The third-order valence-corrected chi connectivity index (χ3v) is 3.69. The van der Waals surface area contributed by atoms with Crippen molar-refractivity contribution in [3.05, 3.63) is 52.2 Å². The molecule has 2 rings (SSSR count). The number of thiophene rings is 1. The van der Waals surface area contributed by atoms with Gasteiger partial charge < -0.3 is 5.32 Å². The molecule has 1 heterocycles. The van der Waals surface area contributed by atoms with Gasteiger partial charge in [-0.2, -0.15) is 11.3 Å². The van der Waals surface area contributed by atoms with Crippen molar-refractivity contribution in [2.24, 2.45) is 0 Å². The average Bonchev–Trinajstić information content (AvgIpc) is 2.82. The minimum absolute atomic E-state index is 0.0233. The second-order valence-corrected chi connectivity index (χ2v) is 5.03. The molecule has 1 aromatic heterocycles. The van der Waals surface area contributed by atoms with E-state index in [0.717, 1.165) is 22.1 Å². The zero-order chi connectivity index (χ0) is 12.1. The Labute approximate surface area is 113 Å². The van der Waals surface area contributed by atoms with E-state index < -0.39 is 0 Å². The van der Waals surface area contributed by atoms with Crippen molar-refractivity contribution in [3.63, 3.8) is 0 Å². The summed E-state index contributed by atoms with van der Waals surface area (Å²) in [6.45, 7) is 0. The van der Waals surface area contributed by atoms with Gasteiger partial charge in [0.05, 0.1) is 6.42 Å². The third kappa shape index (κ3) is 3.68. The van der Waals surface area contributed by atoms with Crippen LogP contribution in [0.4, 0.5) is 5.69 Å². The summed E-state index contributed by atoms with van der Waals surface area (Å²) in [7, 11) is 0. The van der Waals surface area contributed by atoms with Gasteiger partial charge in [-0.15, -0.1) is 0 Å². The van der Waals surface area contributed by atoms with Crippen LogP contribution in [0.15, 0.2) is 41.1 Å². The molecule has 0 radical (unpaired) electrons. The molecule has 88 valence electrons. The Bertz CT molecular complexity index is 496. The number of hydrogen-bond acceptors (Lipinski definition) is 2. The smallest absolute Gasteiger partial charge is 0.228 e. The van der Waals surface area contributed by atoms with Crippen molar-refractivity contribution in [1.29, 1.82) is 0 Å². The first-order valence-electron chi connectivity index (χ1n) is 5.24. The van der Waals surface area contributed by atoms with E-state index in [4.69, 9.17) is 0 Å². The molecule has 2 aromatic rings. The predicted octanol–water partition coefficient (Wildman–Crippen LogP) is 3.82. The number of rotatable bonds is 4. The standard InChI is InChI=1S/C13H12BrNOS/c14-8-10-2-1-3-12(6-10)15-13(16)7-11-4-5-17-9-11/h1-6,9H,7-8H2,(H,15,16). The van der Waals surface area contributed by atoms with Crippen LogP contribution in [0.25, 0.3) is 0 Å². The highest BCUT2D eigenvalue weighted by atomic mass is 79.9. The van der Waals surface area contributed by atoms with Crippen molar-refractivity contribution in [2.75, 3.05) is 5.32 Å². The molecule has 17 heavy (non-hydrogen) atoms. The van der Waals surface area contributed by atoms with Crippen LogP contribution in [-0.2, 0) is 16.5 Å². The predicted molar refractivity (Wildman–Crippen MR) is 75.7 cm³/mol. The molecule has 0 spiro atoms. The number of anilines is 1. The number of carbonyl (C=O) groups excluding carboxylic acids is 1. The van der Waals surface area contributed by atoms with Crippen molar-refractivity contribution >= 4 is 38.9 Å². The molecule has 0 fully saturated rings. The molecule has 0 aliphatic rings. The maximum atomic E-state index is 11.8. The van der Waals surface area contributed by atoms with Crippen LogP contribution >= 0.6 is 27.3 Å². The summed E-state index contributed by atoms with van der Waals surface area (Å²) in [6, 6.07) is 9.80. The maximum absolute atomic E-state index is 11.8. The number of alkyl halides is 1. The molecule has 0 aliphatic heterocycles. The lowest BCUT2D eigenvalue weighted by Gasteiger charge is -2.05. The quantitative estimate of drug-likeness (QED) is 0.855. The summed E-state index contributed by atoms with van der Waals surface area (Å²) >= 11 is 5.00. The van der Waals surface area contributed by atoms with E-state index in [-0.39, 0.29) is 5.91 Å². The molecule has 0 aliphatic carbocycles. The van der Waals surface area contributed by atoms with Crippen LogP contribution in [-0.4, -0.2) is 5.91 Å². The lowest BCUT2D eigenvalue weighted by atomic mass is 10.2.